The fourth-order valence-corrected chi connectivity index (χ4v) is 4.41. The van der Waals surface area contributed by atoms with Crippen LogP contribution < -0.4 is 10.6 Å². The molecule has 2 amide bonds. The summed E-state index contributed by atoms with van der Waals surface area (Å²) in [6, 6.07) is 7.55. The first kappa shape index (κ1) is 19.5. The highest BCUT2D eigenvalue weighted by molar-refractivity contribution is 6.39. The molecule has 1 aromatic carbocycles. The molecular weight excluding hydrogens is 370 g/mol. The molecule has 3 heterocycles. The zero-order valence-electron chi connectivity index (χ0n) is 16.7. The molecule has 9 heteroatoms. The second-order valence-electron chi connectivity index (χ2n) is 7.85. The number of fused-ring (bicyclic) bond motifs is 1. The number of aromatic nitrogens is 4. The maximum absolute atomic E-state index is 12.3. The first-order valence-electron chi connectivity index (χ1n) is 10.3. The summed E-state index contributed by atoms with van der Waals surface area (Å²) in [4.78, 5) is 28.5. The standard InChI is InChI=1S/C20H27N7O2/c1-26-24-18(23-25-26)14-7-9-16(10-8-14)22-20(29)19(28)21-13-15-5-4-12-27-11-3-2-6-17(15)27/h7-10,15,17H,2-6,11-13H2,1H3,(H,21,28)(H,22,29). The molecule has 2 saturated heterocycles. The Balaban J connectivity index is 1.28. The predicted octanol–water partition coefficient (Wildman–Crippen LogP) is 1.20. The fourth-order valence-electron chi connectivity index (χ4n) is 4.41. The molecule has 2 aliphatic heterocycles. The lowest BCUT2D eigenvalue weighted by Crippen LogP contribution is -2.51. The maximum atomic E-state index is 12.3. The zero-order valence-corrected chi connectivity index (χ0v) is 16.7. The summed E-state index contributed by atoms with van der Waals surface area (Å²) in [6.45, 7) is 2.88. The lowest BCUT2D eigenvalue weighted by molar-refractivity contribution is -0.136. The molecule has 29 heavy (non-hydrogen) atoms. The van der Waals surface area contributed by atoms with Gasteiger partial charge in [-0.3, -0.25) is 9.59 Å². The van der Waals surface area contributed by atoms with Gasteiger partial charge in [0.05, 0.1) is 7.05 Å². The van der Waals surface area contributed by atoms with Crippen LogP contribution in [0, 0.1) is 5.92 Å². The Morgan fingerprint density at radius 3 is 2.62 bits per heavy atom. The molecule has 4 rings (SSSR count). The summed E-state index contributed by atoms with van der Waals surface area (Å²) in [6.07, 6.45) is 5.99. The van der Waals surface area contributed by atoms with Crippen molar-refractivity contribution in [2.24, 2.45) is 13.0 Å². The van der Waals surface area contributed by atoms with Crippen molar-refractivity contribution in [1.29, 1.82) is 0 Å². The lowest BCUT2D eigenvalue weighted by Gasteiger charge is -2.44. The van der Waals surface area contributed by atoms with Crippen molar-refractivity contribution in [1.82, 2.24) is 30.4 Å². The average molecular weight is 397 g/mol. The van der Waals surface area contributed by atoms with Crippen LogP contribution >= 0.6 is 0 Å². The average Bonchev–Trinajstić information content (AvgIpc) is 3.18. The molecule has 2 aromatic rings. The van der Waals surface area contributed by atoms with Gasteiger partial charge in [-0.25, -0.2) is 0 Å². The van der Waals surface area contributed by atoms with Crippen molar-refractivity contribution < 1.29 is 9.59 Å². The highest BCUT2D eigenvalue weighted by Gasteiger charge is 2.33. The van der Waals surface area contributed by atoms with Gasteiger partial charge in [-0.1, -0.05) is 6.42 Å². The van der Waals surface area contributed by atoms with E-state index in [2.05, 4.69) is 30.9 Å². The third-order valence-electron chi connectivity index (χ3n) is 5.87. The van der Waals surface area contributed by atoms with Gasteiger partial charge >= 0.3 is 11.8 Å². The van der Waals surface area contributed by atoms with E-state index in [1.807, 2.05) is 0 Å². The summed E-state index contributed by atoms with van der Waals surface area (Å²) in [5.41, 5.74) is 1.34. The Morgan fingerprint density at radius 2 is 1.86 bits per heavy atom. The molecule has 2 atom stereocenters. The molecule has 0 radical (unpaired) electrons. The summed E-state index contributed by atoms with van der Waals surface area (Å²) in [7, 11) is 1.70. The Kier molecular flexibility index (Phi) is 5.84. The Bertz CT molecular complexity index is 862. The lowest BCUT2D eigenvalue weighted by atomic mass is 9.83. The van der Waals surface area contributed by atoms with Crippen LogP contribution in [0.3, 0.4) is 0 Å². The number of hydrogen-bond donors (Lipinski definition) is 2. The number of nitrogens with one attached hydrogen (secondary N) is 2. The topological polar surface area (TPSA) is 105 Å². The normalized spacial score (nSPS) is 22.0. The van der Waals surface area contributed by atoms with Crippen molar-refractivity contribution in [3.05, 3.63) is 24.3 Å². The van der Waals surface area contributed by atoms with Crippen molar-refractivity contribution in [2.45, 2.75) is 38.1 Å². The number of tetrazole rings is 1. The number of piperidine rings is 2. The van der Waals surface area contributed by atoms with Gasteiger partial charge in [0.2, 0.25) is 5.82 Å². The van der Waals surface area contributed by atoms with Crippen LogP contribution in [-0.2, 0) is 16.6 Å². The molecule has 0 saturated carbocycles. The first-order valence-corrected chi connectivity index (χ1v) is 10.3. The van der Waals surface area contributed by atoms with E-state index in [4.69, 9.17) is 0 Å². The summed E-state index contributed by atoms with van der Waals surface area (Å²) < 4.78 is 0. The van der Waals surface area contributed by atoms with Gasteiger partial charge in [-0.2, -0.15) is 4.80 Å². The van der Waals surface area contributed by atoms with Crippen LogP contribution in [0.25, 0.3) is 11.4 Å². The zero-order chi connectivity index (χ0) is 20.2. The second-order valence-corrected chi connectivity index (χ2v) is 7.85. The van der Waals surface area contributed by atoms with Gasteiger partial charge in [0, 0.05) is 23.8 Å². The van der Waals surface area contributed by atoms with Crippen molar-refractivity contribution >= 4 is 17.5 Å². The molecule has 2 N–H and O–H groups in total. The van der Waals surface area contributed by atoms with E-state index in [1.165, 1.54) is 24.1 Å². The largest absolute Gasteiger partial charge is 0.347 e. The number of benzene rings is 1. The Labute approximate surface area is 169 Å². The van der Waals surface area contributed by atoms with Gasteiger partial charge in [0.15, 0.2) is 0 Å². The van der Waals surface area contributed by atoms with Crippen molar-refractivity contribution in [2.75, 3.05) is 25.0 Å². The quantitative estimate of drug-likeness (QED) is 0.751. The number of nitrogens with zero attached hydrogens (tertiary/aromatic N) is 5. The van der Waals surface area contributed by atoms with Crippen molar-refractivity contribution in [3.63, 3.8) is 0 Å². The van der Waals surface area contributed by atoms with E-state index in [0.29, 0.717) is 30.0 Å². The number of rotatable bonds is 4. The van der Waals surface area contributed by atoms with Crippen LogP contribution in [0.2, 0.25) is 0 Å². The molecule has 2 unspecified atom stereocenters. The van der Waals surface area contributed by atoms with Crippen LogP contribution in [0.15, 0.2) is 24.3 Å². The van der Waals surface area contributed by atoms with Gasteiger partial charge < -0.3 is 15.5 Å². The first-order chi connectivity index (χ1) is 14.1. The third kappa shape index (κ3) is 4.61. The molecule has 0 spiro atoms. The number of anilines is 1. The minimum Gasteiger partial charge on any atom is -0.347 e. The fraction of sp³-hybridized carbons (Fsp3) is 0.550. The molecule has 1 aromatic heterocycles. The van der Waals surface area contributed by atoms with Crippen LogP contribution in [0.1, 0.15) is 32.1 Å². The van der Waals surface area contributed by atoms with Crippen molar-refractivity contribution in [3.8, 4) is 11.4 Å². The van der Waals surface area contributed by atoms with E-state index in [9.17, 15) is 9.59 Å². The number of hydrogen-bond acceptors (Lipinski definition) is 6. The number of carbonyl (C=O) groups excluding carboxylic acids is 2. The third-order valence-corrected chi connectivity index (χ3v) is 5.87. The summed E-state index contributed by atoms with van der Waals surface area (Å²) in [5, 5.41) is 17.4. The van der Waals surface area contributed by atoms with E-state index in [0.717, 1.165) is 31.5 Å². The SMILES string of the molecule is Cn1nnc(-c2ccc(NC(=O)C(=O)NCC3CCCN4CCCCC34)cc2)n1. The van der Waals surface area contributed by atoms with Gasteiger partial charge in [-0.05, 0) is 74.2 Å². The number of amides is 2. The number of aryl methyl sites for hydroxylation is 1. The predicted molar refractivity (Wildman–Crippen MR) is 108 cm³/mol. The van der Waals surface area contributed by atoms with Gasteiger partial charge in [0.1, 0.15) is 0 Å². The van der Waals surface area contributed by atoms with E-state index >= 15 is 0 Å². The number of carbonyl (C=O) groups is 2. The van der Waals surface area contributed by atoms with E-state index in [-0.39, 0.29) is 0 Å². The van der Waals surface area contributed by atoms with Gasteiger partial charge in [-0.15, -0.1) is 10.2 Å². The van der Waals surface area contributed by atoms with Gasteiger partial charge in [0.25, 0.3) is 0 Å². The van der Waals surface area contributed by atoms with Crippen LogP contribution in [0.5, 0.6) is 0 Å². The smallest absolute Gasteiger partial charge is 0.313 e. The second kappa shape index (κ2) is 8.69. The molecule has 154 valence electrons. The van der Waals surface area contributed by atoms with Crippen LogP contribution in [-0.4, -0.2) is 62.6 Å². The minimum absolute atomic E-state index is 0.430. The summed E-state index contributed by atoms with van der Waals surface area (Å²) in [5.74, 6) is -0.295. The maximum Gasteiger partial charge on any atom is 0.313 e. The van der Waals surface area contributed by atoms with Crippen LogP contribution in [0.4, 0.5) is 5.69 Å². The molecule has 0 bridgehead atoms. The van der Waals surface area contributed by atoms with E-state index < -0.39 is 11.8 Å². The van der Waals surface area contributed by atoms with E-state index in [1.54, 1.807) is 31.3 Å². The molecular formula is C20H27N7O2. The molecule has 2 fully saturated rings. The molecule has 9 nitrogen and oxygen atoms in total. The molecule has 2 aliphatic rings. The summed E-state index contributed by atoms with van der Waals surface area (Å²) >= 11 is 0. The monoisotopic (exact) mass is 397 g/mol. The Morgan fingerprint density at radius 1 is 1.07 bits per heavy atom. The highest BCUT2D eigenvalue weighted by Crippen LogP contribution is 2.30. The minimum atomic E-state index is -0.647. The molecule has 0 aliphatic carbocycles. The highest BCUT2D eigenvalue weighted by atomic mass is 16.2. The Hall–Kier alpha value is -2.81.